The van der Waals surface area contributed by atoms with Crippen molar-refractivity contribution >= 4 is 5.91 Å². The number of aryl methyl sites for hydroxylation is 1. The van der Waals surface area contributed by atoms with Gasteiger partial charge in [-0.05, 0) is 37.5 Å². The summed E-state index contributed by atoms with van der Waals surface area (Å²) in [5.74, 6) is -0.0580. The molecule has 0 saturated heterocycles. The molecule has 8 heteroatoms. The molecule has 1 amide bonds. The lowest BCUT2D eigenvalue weighted by Crippen LogP contribution is -2.25. The van der Waals surface area contributed by atoms with Gasteiger partial charge in [-0.3, -0.25) is 4.79 Å². The second-order valence-electron chi connectivity index (χ2n) is 6.30. The zero-order valence-corrected chi connectivity index (χ0v) is 15.2. The summed E-state index contributed by atoms with van der Waals surface area (Å²) in [5.41, 5.74) is 1.24. The van der Waals surface area contributed by atoms with Gasteiger partial charge in [0.1, 0.15) is 0 Å². The molecule has 0 fully saturated rings. The maximum absolute atomic E-state index is 12.7. The number of carbonyl (C=O) groups is 1. The van der Waals surface area contributed by atoms with Crippen molar-refractivity contribution < 1.29 is 18.0 Å². The molecule has 2 aromatic heterocycles. The van der Waals surface area contributed by atoms with E-state index in [4.69, 9.17) is 0 Å². The number of hydrogen-bond donors (Lipinski definition) is 1. The minimum Gasteiger partial charge on any atom is -0.352 e. The highest BCUT2D eigenvalue weighted by atomic mass is 19.4. The summed E-state index contributed by atoms with van der Waals surface area (Å²) in [6.45, 7) is 2.18. The maximum Gasteiger partial charge on any atom is 0.417 e. The summed E-state index contributed by atoms with van der Waals surface area (Å²) in [5, 5.41) is 6.93. The van der Waals surface area contributed by atoms with E-state index in [1.165, 1.54) is 22.5 Å². The largest absolute Gasteiger partial charge is 0.417 e. The maximum atomic E-state index is 12.7. The molecule has 0 radical (unpaired) electrons. The minimum atomic E-state index is -4.45. The first-order chi connectivity index (χ1) is 13.4. The Kier molecular flexibility index (Phi) is 5.77. The first kappa shape index (κ1) is 19.6. The molecule has 146 valence electrons. The van der Waals surface area contributed by atoms with Crippen molar-refractivity contribution in [2.24, 2.45) is 0 Å². The van der Waals surface area contributed by atoms with Gasteiger partial charge in [0, 0.05) is 12.7 Å². The van der Waals surface area contributed by atoms with Crippen molar-refractivity contribution in [1.82, 2.24) is 20.1 Å². The molecule has 0 spiro atoms. The van der Waals surface area contributed by atoms with Gasteiger partial charge < -0.3 is 5.32 Å². The molecule has 1 aromatic carbocycles. The van der Waals surface area contributed by atoms with E-state index in [0.717, 1.165) is 25.1 Å². The van der Waals surface area contributed by atoms with E-state index in [0.29, 0.717) is 17.8 Å². The Hall–Kier alpha value is -3.16. The standard InChI is InChI=1S/C20H19F3N4O/c1-14-17(19(28)24-11-5-8-15-6-3-2-4-7-15)13-26-27(14)18-10-9-16(12-25-18)20(21,22)23/h2-4,6-7,9-10,12-13H,5,8,11H2,1H3,(H,24,28). The SMILES string of the molecule is Cc1c(C(=O)NCCCc2ccccc2)cnn1-c1ccc(C(F)(F)F)cn1. The van der Waals surface area contributed by atoms with E-state index in [1.54, 1.807) is 6.92 Å². The van der Waals surface area contributed by atoms with Gasteiger partial charge in [0.15, 0.2) is 5.82 Å². The van der Waals surface area contributed by atoms with Crippen LogP contribution < -0.4 is 5.32 Å². The van der Waals surface area contributed by atoms with Crippen LogP contribution in [0.2, 0.25) is 0 Å². The quantitative estimate of drug-likeness (QED) is 0.651. The molecule has 28 heavy (non-hydrogen) atoms. The molecule has 0 aliphatic rings. The fourth-order valence-corrected chi connectivity index (χ4v) is 2.78. The van der Waals surface area contributed by atoms with E-state index in [-0.39, 0.29) is 11.7 Å². The normalized spacial score (nSPS) is 11.4. The van der Waals surface area contributed by atoms with Crippen LogP contribution in [0.25, 0.3) is 5.82 Å². The highest BCUT2D eigenvalue weighted by Crippen LogP contribution is 2.28. The van der Waals surface area contributed by atoms with Crippen molar-refractivity contribution in [2.75, 3.05) is 6.54 Å². The van der Waals surface area contributed by atoms with Gasteiger partial charge in [-0.15, -0.1) is 0 Å². The molecular formula is C20H19F3N4O. The first-order valence-corrected chi connectivity index (χ1v) is 8.76. The van der Waals surface area contributed by atoms with Crippen LogP contribution in [0, 0.1) is 6.92 Å². The third-order valence-electron chi connectivity index (χ3n) is 4.32. The fraction of sp³-hybridized carbons (Fsp3) is 0.250. The number of benzene rings is 1. The smallest absolute Gasteiger partial charge is 0.352 e. The van der Waals surface area contributed by atoms with Crippen LogP contribution >= 0.6 is 0 Å². The van der Waals surface area contributed by atoms with E-state index < -0.39 is 11.7 Å². The fourth-order valence-electron chi connectivity index (χ4n) is 2.78. The average Bonchev–Trinajstić information content (AvgIpc) is 3.07. The second kappa shape index (κ2) is 8.24. The minimum absolute atomic E-state index is 0.216. The lowest BCUT2D eigenvalue weighted by Gasteiger charge is -2.08. The highest BCUT2D eigenvalue weighted by Gasteiger charge is 2.30. The van der Waals surface area contributed by atoms with Crippen LogP contribution in [0.1, 0.15) is 33.6 Å². The van der Waals surface area contributed by atoms with E-state index >= 15 is 0 Å². The topological polar surface area (TPSA) is 59.8 Å². The number of pyridine rings is 1. The van der Waals surface area contributed by atoms with E-state index in [1.807, 2.05) is 30.3 Å². The van der Waals surface area contributed by atoms with Crippen LogP contribution in [0.15, 0.2) is 54.9 Å². The molecule has 0 aliphatic carbocycles. The van der Waals surface area contributed by atoms with Crippen LogP contribution in [0.5, 0.6) is 0 Å². The summed E-state index contributed by atoms with van der Waals surface area (Å²) in [6, 6.07) is 12.1. The lowest BCUT2D eigenvalue weighted by molar-refractivity contribution is -0.137. The lowest BCUT2D eigenvalue weighted by atomic mass is 10.1. The number of nitrogens with one attached hydrogen (secondary N) is 1. The van der Waals surface area contributed by atoms with Crippen molar-refractivity contribution in [3.63, 3.8) is 0 Å². The molecule has 1 N–H and O–H groups in total. The van der Waals surface area contributed by atoms with Gasteiger partial charge in [-0.1, -0.05) is 30.3 Å². The Bertz CT molecular complexity index is 934. The second-order valence-corrected chi connectivity index (χ2v) is 6.30. The predicted molar refractivity (Wildman–Crippen MR) is 98.2 cm³/mol. The summed E-state index contributed by atoms with van der Waals surface area (Å²) in [4.78, 5) is 16.2. The molecule has 0 bridgehead atoms. The Morgan fingerprint density at radius 2 is 1.86 bits per heavy atom. The Labute approximate surface area is 160 Å². The van der Waals surface area contributed by atoms with Crippen molar-refractivity contribution in [1.29, 1.82) is 0 Å². The molecule has 3 rings (SSSR count). The summed E-state index contributed by atoms with van der Waals surface area (Å²) in [7, 11) is 0. The van der Waals surface area contributed by atoms with Crippen LogP contribution in [-0.2, 0) is 12.6 Å². The molecule has 5 nitrogen and oxygen atoms in total. The first-order valence-electron chi connectivity index (χ1n) is 8.76. The number of rotatable bonds is 6. The number of carbonyl (C=O) groups excluding carboxylic acids is 1. The number of aromatic nitrogens is 3. The zero-order valence-electron chi connectivity index (χ0n) is 15.2. The molecule has 0 saturated carbocycles. The molecular weight excluding hydrogens is 369 g/mol. The van der Waals surface area contributed by atoms with E-state index in [9.17, 15) is 18.0 Å². The number of halogens is 3. The van der Waals surface area contributed by atoms with E-state index in [2.05, 4.69) is 15.4 Å². The molecule has 3 aromatic rings. The van der Waals surface area contributed by atoms with Crippen LogP contribution in [-0.4, -0.2) is 27.2 Å². The van der Waals surface area contributed by atoms with Gasteiger partial charge in [0.2, 0.25) is 0 Å². The third-order valence-corrected chi connectivity index (χ3v) is 4.32. The molecule has 0 unspecified atom stereocenters. The zero-order chi connectivity index (χ0) is 20.1. The number of amides is 1. The summed E-state index contributed by atoms with van der Waals surface area (Å²) in [6.07, 6.45) is -0.658. The molecule has 0 aliphatic heterocycles. The van der Waals surface area contributed by atoms with Gasteiger partial charge in [-0.25, -0.2) is 9.67 Å². The Morgan fingerprint density at radius 1 is 1.11 bits per heavy atom. The van der Waals surface area contributed by atoms with Gasteiger partial charge in [-0.2, -0.15) is 18.3 Å². The van der Waals surface area contributed by atoms with Gasteiger partial charge in [0.05, 0.1) is 23.0 Å². The Morgan fingerprint density at radius 3 is 2.50 bits per heavy atom. The Balaban J connectivity index is 1.61. The average molecular weight is 388 g/mol. The number of alkyl halides is 3. The third kappa shape index (κ3) is 4.57. The van der Waals surface area contributed by atoms with Crippen LogP contribution in [0.4, 0.5) is 13.2 Å². The molecule has 2 heterocycles. The van der Waals surface area contributed by atoms with Gasteiger partial charge >= 0.3 is 6.18 Å². The van der Waals surface area contributed by atoms with Crippen molar-refractivity contribution in [2.45, 2.75) is 25.9 Å². The van der Waals surface area contributed by atoms with Crippen LogP contribution in [0.3, 0.4) is 0 Å². The van der Waals surface area contributed by atoms with Gasteiger partial charge in [0.25, 0.3) is 5.91 Å². The predicted octanol–water partition coefficient (Wildman–Crippen LogP) is 3.96. The number of nitrogens with zero attached hydrogens (tertiary/aromatic N) is 3. The monoisotopic (exact) mass is 388 g/mol. The molecule has 0 atom stereocenters. The summed E-state index contributed by atoms with van der Waals surface area (Å²) < 4.78 is 39.3. The van der Waals surface area contributed by atoms with Crippen molar-refractivity contribution in [3.8, 4) is 5.82 Å². The number of hydrogen-bond acceptors (Lipinski definition) is 3. The highest BCUT2D eigenvalue weighted by molar-refractivity contribution is 5.95. The summed E-state index contributed by atoms with van der Waals surface area (Å²) >= 11 is 0. The van der Waals surface area contributed by atoms with Crippen molar-refractivity contribution in [3.05, 3.63) is 77.2 Å².